The summed E-state index contributed by atoms with van der Waals surface area (Å²) >= 11 is 6.28. The van der Waals surface area contributed by atoms with Crippen LogP contribution in [0.3, 0.4) is 0 Å². The van der Waals surface area contributed by atoms with Gasteiger partial charge in [0.05, 0.1) is 30.1 Å². The zero-order valence-electron chi connectivity index (χ0n) is 12.1. The second-order valence-electron chi connectivity index (χ2n) is 4.88. The number of aryl methyl sites for hydroxylation is 1. The zero-order chi connectivity index (χ0) is 15.0. The largest absolute Gasteiger partial charge is 0.497 e. The maximum Gasteiger partial charge on any atom is 0.152 e. The summed E-state index contributed by atoms with van der Waals surface area (Å²) in [6.45, 7) is 2.47. The quantitative estimate of drug-likeness (QED) is 0.695. The Morgan fingerprint density at radius 1 is 1.38 bits per heavy atom. The Labute approximate surface area is 127 Å². The summed E-state index contributed by atoms with van der Waals surface area (Å²) in [5.41, 5.74) is 1.86. The van der Waals surface area contributed by atoms with Gasteiger partial charge in [0.15, 0.2) is 5.82 Å². The maximum atomic E-state index is 6.28. The minimum atomic E-state index is -0.198. The molecule has 0 saturated carbocycles. The molecule has 1 atom stereocenters. The number of benzene rings is 1. The van der Waals surface area contributed by atoms with E-state index in [1.165, 1.54) is 0 Å². The smallest absolute Gasteiger partial charge is 0.152 e. The number of aromatic nitrogens is 5. The minimum Gasteiger partial charge on any atom is -0.497 e. The third-order valence-corrected chi connectivity index (χ3v) is 3.64. The van der Waals surface area contributed by atoms with Crippen LogP contribution in [-0.2, 0) is 13.6 Å². The van der Waals surface area contributed by atoms with Crippen LogP contribution in [0.5, 0.6) is 5.75 Å². The highest BCUT2D eigenvalue weighted by Crippen LogP contribution is 2.27. The molecule has 2 aromatic heterocycles. The van der Waals surface area contributed by atoms with E-state index in [1.54, 1.807) is 13.4 Å². The van der Waals surface area contributed by atoms with Crippen LogP contribution < -0.4 is 4.74 Å². The summed E-state index contributed by atoms with van der Waals surface area (Å²) < 4.78 is 9.24. The standard InChI is InChI=1S/C14H16ClN5O/c1-9(15)14-17-11-5-4-10(21-3)6-12(11)20(14)7-13-18-16-8-19(13)2/h4-6,8-9H,7H2,1-3H3. The Morgan fingerprint density at radius 2 is 2.19 bits per heavy atom. The van der Waals surface area contributed by atoms with Crippen molar-refractivity contribution in [1.29, 1.82) is 0 Å². The molecule has 0 aliphatic rings. The topological polar surface area (TPSA) is 57.8 Å². The van der Waals surface area contributed by atoms with Gasteiger partial charge < -0.3 is 13.9 Å². The number of alkyl halides is 1. The molecule has 0 aliphatic heterocycles. The molecular weight excluding hydrogens is 290 g/mol. The predicted molar refractivity (Wildman–Crippen MR) is 80.7 cm³/mol. The molecule has 0 bridgehead atoms. The van der Waals surface area contributed by atoms with Gasteiger partial charge in [0.25, 0.3) is 0 Å². The molecule has 0 radical (unpaired) electrons. The third-order valence-electron chi connectivity index (χ3n) is 3.45. The van der Waals surface area contributed by atoms with Crippen molar-refractivity contribution in [1.82, 2.24) is 24.3 Å². The number of ether oxygens (including phenoxy) is 1. The highest BCUT2D eigenvalue weighted by Gasteiger charge is 2.17. The number of hydrogen-bond acceptors (Lipinski definition) is 4. The van der Waals surface area contributed by atoms with Crippen molar-refractivity contribution >= 4 is 22.6 Å². The summed E-state index contributed by atoms with van der Waals surface area (Å²) in [5, 5.41) is 7.85. The number of nitrogens with zero attached hydrogens (tertiary/aromatic N) is 5. The fourth-order valence-corrected chi connectivity index (χ4v) is 2.48. The predicted octanol–water partition coefficient (Wildman–Crippen LogP) is 2.52. The van der Waals surface area contributed by atoms with E-state index in [0.717, 1.165) is 28.4 Å². The molecule has 21 heavy (non-hydrogen) atoms. The molecule has 3 rings (SSSR count). The van der Waals surface area contributed by atoms with Crippen molar-refractivity contribution in [2.75, 3.05) is 7.11 Å². The van der Waals surface area contributed by atoms with E-state index >= 15 is 0 Å². The van der Waals surface area contributed by atoms with Gasteiger partial charge in [-0.1, -0.05) is 0 Å². The molecule has 7 heteroatoms. The van der Waals surface area contributed by atoms with Crippen LogP contribution in [-0.4, -0.2) is 31.4 Å². The van der Waals surface area contributed by atoms with E-state index in [-0.39, 0.29) is 5.38 Å². The summed E-state index contributed by atoms with van der Waals surface area (Å²) in [4.78, 5) is 4.62. The lowest BCUT2D eigenvalue weighted by atomic mass is 10.3. The van der Waals surface area contributed by atoms with Crippen LogP contribution in [0.15, 0.2) is 24.5 Å². The van der Waals surface area contributed by atoms with Crippen LogP contribution in [0, 0.1) is 0 Å². The van der Waals surface area contributed by atoms with Crippen molar-refractivity contribution < 1.29 is 4.74 Å². The van der Waals surface area contributed by atoms with Crippen molar-refractivity contribution in [2.24, 2.45) is 7.05 Å². The zero-order valence-corrected chi connectivity index (χ0v) is 12.9. The molecule has 3 aromatic rings. The monoisotopic (exact) mass is 305 g/mol. The highest BCUT2D eigenvalue weighted by atomic mass is 35.5. The van der Waals surface area contributed by atoms with Gasteiger partial charge in [-0.2, -0.15) is 0 Å². The summed E-state index contributed by atoms with van der Waals surface area (Å²) in [6, 6.07) is 5.79. The number of halogens is 1. The van der Waals surface area contributed by atoms with E-state index in [9.17, 15) is 0 Å². The lowest BCUT2D eigenvalue weighted by Gasteiger charge is -2.10. The lowest BCUT2D eigenvalue weighted by Crippen LogP contribution is -2.09. The van der Waals surface area contributed by atoms with Crippen LogP contribution in [0.1, 0.15) is 23.9 Å². The number of imidazole rings is 1. The Hall–Kier alpha value is -2.08. The average Bonchev–Trinajstić information content (AvgIpc) is 3.03. The molecule has 0 N–H and O–H groups in total. The number of fused-ring (bicyclic) bond motifs is 1. The third kappa shape index (κ3) is 2.47. The van der Waals surface area contributed by atoms with Crippen LogP contribution in [0.4, 0.5) is 0 Å². The fraction of sp³-hybridized carbons (Fsp3) is 0.357. The summed E-state index contributed by atoms with van der Waals surface area (Å²) in [6.07, 6.45) is 1.68. The molecule has 6 nitrogen and oxygen atoms in total. The van der Waals surface area contributed by atoms with Gasteiger partial charge >= 0.3 is 0 Å². The first kappa shape index (κ1) is 13.9. The molecule has 0 amide bonds. The van der Waals surface area contributed by atoms with Gasteiger partial charge in [-0.05, 0) is 19.1 Å². The van der Waals surface area contributed by atoms with Gasteiger partial charge in [0, 0.05) is 13.1 Å². The van der Waals surface area contributed by atoms with Crippen molar-refractivity contribution in [3.63, 3.8) is 0 Å². The molecule has 0 saturated heterocycles. The highest BCUT2D eigenvalue weighted by molar-refractivity contribution is 6.20. The van der Waals surface area contributed by atoms with Crippen molar-refractivity contribution in [3.8, 4) is 5.75 Å². The lowest BCUT2D eigenvalue weighted by molar-refractivity contribution is 0.415. The Morgan fingerprint density at radius 3 is 2.81 bits per heavy atom. The van der Waals surface area contributed by atoms with Crippen molar-refractivity contribution in [3.05, 3.63) is 36.2 Å². The van der Waals surface area contributed by atoms with Gasteiger partial charge in [0.1, 0.15) is 17.9 Å². The molecule has 1 aromatic carbocycles. The van der Waals surface area contributed by atoms with Crippen LogP contribution in [0.25, 0.3) is 11.0 Å². The van der Waals surface area contributed by atoms with E-state index in [2.05, 4.69) is 19.7 Å². The molecule has 1 unspecified atom stereocenters. The fourth-order valence-electron chi connectivity index (χ4n) is 2.31. The minimum absolute atomic E-state index is 0.198. The first-order chi connectivity index (χ1) is 10.1. The molecule has 0 fully saturated rings. The maximum absolute atomic E-state index is 6.28. The first-order valence-electron chi connectivity index (χ1n) is 6.61. The Balaban J connectivity index is 2.17. The van der Waals surface area contributed by atoms with Crippen LogP contribution in [0.2, 0.25) is 0 Å². The van der Waals surface area contributed by atoms with E-state index < -0.39 is 0 Å². The second-order valence-corrected chi connectivity index (χ2v) is 5.54. The summed E-state index contributed by atoms with van der Waals surface area (Å²) in [7, 11) is 3.56. The number of hydrogen-bond donors (Lipinski definition) is 0. The van der Waals surface area contributed by atoms with E-state index in [1.807, 2.05) is 36.7 Å². The van der Waals surface area contributed by atoms with Gasteiger partial charge in [-0.3, -0.25) is 0 Å². The number of methoxy groups -OCH3 is 1. The van der Waals surface area contributed by atoms with Crippen molar-refractivity contribution in [2.45, 2.75) is 18.8 Å². The van der Waals surface area contributed by atoms with E-state index in [0.29, 0.717) is 6.54 Å². The molecular formula is C14H16ClN5O. The Kier molecular flexibility index (Phi) is 3.55. The first-order valence-corrected chi connectivity index (χ1v) is 7.05. The molecule has 0 aliphatic carbocycles. The van der Waals surface area contributed by atoms with E-state index in [4.69, 9.17) is 16.3 Å². The van der Waals surface area contributed by atoms with Crippen LogP contribution >= 0.6 is 11.6 Å². The molecule has 110 valence electrons. The second kappa shape index (κ2) is 5.37. The molecule has 2 heterocycles. The summed E-state index contributed by atoms with van der Waals surface area (Å²) in [5.74, 6) is 2.44. The van der Waals surface area contributed by atoms with Gasteiger partial charge in [0.2, 0.25) is 0 Å². The Bertz CT molecular complexity index is 777. The van der Waals surface area contributed by atoms with Gasteiger partial charge in [-0.15, -0.1) is 21.8 Å². The van der Waals surface area contributed by atoms with Gasteiger partial charge in [-0.25, -0.2) is 4.98 Å². The SMILES string of the molecule is COc1ccc2nc(C(C)Cl)n(Cc3nncn3C)c2c1. The number of rotatable bonds is 4. The average molecular weight is 306 g/mol. The normalized spacial score (nSPS) is 12.8. The molecule has 0 spiro atoms.